The molecular weight excluding hydrogens is 282 g/mol. The van der Waals surface area contributed by atoms with Crippen molar-refractivity contribution in [2.75, 3.05) is 20.3 Å². The molecule has 0 spiro atoms. The van der Waals surface area contributed by atoms with Crippen LogP contribution in [0.25, 0.3) is 0 Å². The van der Waals surface area contributed by atoms with E-state index in [1.807, 2.05) is 18.9 Å². The molecule has 2 aliphatic heterocycles. The van der Waals surface area contributed by atoms with Crippen LogP contribution in [0, 0.1) is 6.92 Å². The van der Waals surface area contributed by atoms with Crippen LogP contribution < -0.4 is 4.74 Å². The summed E-state index contributed by atoms with van der Waals surface area (Å²) in [6, 6.07) is 0.0811. The first-order chi connectivity index (χ1) is 10.6. The van der Waals surface area contributed by atoms with Crippen LogP contribution >= 0.6 is 0 Å². The standard InChI is InChI=1S/C16H25N3O3/c1-11-15(16(21-3)18(2)17-11)13-7-4-8-19(13)14(20)10-12-6-5-9-22-12/h12-13H,4-10H2,1-3H3/t12-,13-/m0/s1. The Balaban J connectivity index is 1.79. The molecule has 6 nitrogen and oxygen atoms in total. The summed E-state index contributed by atoms with van der Waals surface area (Å²) in [5.74, 6) is 0.957. The maximum Gasteiger partial charge on any atom is 0.225 e. The molecule has 1 aromatic heterocycles. The third kappa shape index (κ3) is 2.72. The summed E-state index contributed by atoms with van der Waals surface area (Å²) < 4.78 is 12.9. The molecule has 2 fully saturated rings. The van der Waals surface area contributed by atoms with Gasteiger partial charge in [-0.3, -0.25) is 4.79 Å². The molecule has 6 heteroatoms. The number of rotatable bonds is 4. The normalized spacial score (nSPS) is 25.0. The zero-order valence-electron chi connectivity index (χ0n) is 13.7. The van der Waals surface area contributed by atoms with E-state index in [1.54, 1.807) is 11.8 Å². The molecule has 0 N–H and O–H groups in total. The van der Waals surface area contributed by atoms with E-state index < -0.39 is 0 Å². The van der Waals surface area contributed by atoms with E-state index >= 15 is 0 Å². The first kappa shape index (κ1) is 15.3. The predicted molar refractivity (Wildman–Crippen MR) is 81.8 cm³/mol. The number of methoxy groups -OCH3 is 1. The van der Waals surface area contributed by atoms with Crippen molar-refractivity contribution >= 4 is 5.91 Å². The number of aryl methyl sites for hydroxylation is 2. The molecule has 0 unspecified atom stereocenters. The molecule has 1 aromatic rings. The number of ether oxygens (including phenoxy) is 2. The minimum atomic E-state index is 0.0811. The number of hydrogen-bond donors (Lipinski definition) is 0. The zero-order chi connectivity index (χ0) is 15.7. The fourth-order valence-corrected chi connectivity index (χ4v) is 3.76. The molecule has 22 heavy (non-hydrogen) atoms. The Morgan fingerprint density at radius 3 is 2.91 bits per heavy atom. The molecule has 1 amide bonds. The Morgan fingerprint density at radius 2 is 2.23 bits per heavy atom. The van der Waals surface area contributed by atoms with E-state index in [-0.39, 0.29) is 18.1 Å². The molecule has 0 radical (unpaired) electrons. The van der Waals surface area contributed by atoms with Crippen LogP contribution in [0.15, 0.2) is 0 Å². The molecule has 2 atom stereocenters. The van der Waals surface area contributed by atoms with Gasteiger partial charge in [0.05, 0.1) is 36.9 Å². The Labute approximate surface area is 131 Å². The van der Waals surface area contributed by atoms with Gasteiger partial charge in [0.2, 0.25) is 11.8 Å². The quantitative estimate of drug-likeness (QED) is 0.853. The summed E-state index contributed by atoms with van der Waals surface area (Å²) in [6.45, 7) is 3.59. The minimum Gasteiger partial charge on any atom is -0.481 e. The van der Waals surface area contributed by atoms with Gasteiger partial charge in [0, 0.05) is 20.2 Å². The molecule has 0 aromatic carbocycles. The summed E-state index contributed by atoms with van der Waals surface area (Å²) in [6.07, 6.45) is 4.67. The lowest BCUT2D eigenvalue weighted by molar-refractivity contribution is -0.134. The number of aromatic nitrogens is 2. The molecular formula is C16H25N3O3. The van der Waals surface area contributed by atoms with Crippen molar-refractivity contribution in [3.05, 3.63) is 11.3 Å². The Hall–Kier alpha value is -1.56. The van der Waals surface area contributed by atoms with Gasteiger partial charge in [-0.2, -0.15) is 5.10 Å². The lowest BCUT2D eigenvalue weighted by Gasteiger charge is -2.26. The molecule has 3 rings (SSSR count). The monoisotopic (exact) mass is 307 g/mol. The van der Waals surface area contributed by atoms with Gasteiger partial charge in [-0.25, -0.2) is 4.68 Å². The second kappa shape index (κ2) is 6.28. The number of likely N-dealkylation sites (tertiary alicyclic amines) is 1. The van der Waals surface area contributed by atoms with Gasteiger partial charge in [0.15, 0.2) is 0 Å². The molecule has 2 saturated heterocycles. The fraction of sp³-hybridized carbons (Fsp3) is 0.750. The van der Waals surface area contributed by atoms with Gasteiger partial charge in [0.1, 0.15) is 0 Å². The molecule has 2 aliphatic rings. The summed E-state index contributed by atoms with van der Waals surface area (Å²) in [7, 11) is 3.54. The maximum atomic E-state index is 12.7. The molecule has 3 heterocycles. The van der Waals surface area contributed by atoms with Crippen molar-refractivity contribution in [2.45, 2.75) is 51.2 Å². The van der Waals surface area contributed by atoms with Crippen molar-refractivity contribution in [2.24, 2.45) is 7.05 Å². The highest BCUT2D eigenvalue weighted by Gasteiger charge is 2.36. The maximum absolute atomic E-state index is 12.7. The largest absolute Gasteiger partial charge is 0.481 e. The SMILES string of the molecule is COc1c([C@@H]2CCCN2C(=O)C[C@@H]2CCCO2)c(C)nn1C. The van der Waals surface area contributed by atoms with Crippen molar-refractivity contribution < 1.29 is 14.3 Å². The molecule has 0 bridgehead atoms. The summed E-state index contributed by atoms with van der Waals surface area (Å²) in [4.78, 5) is 14.7. The lowest BCUT2D eigenvalue weighted by atomic mass is 10.0. The summed E-state index contributed by atoms with van der Waals surface area (Å²) in [5.41, 5.74) is 2.00. The van der Waals surface area contributed by atoms with Crippen LogP contribution in [0.1, 0.15) is 49.4 Å². The first-order valence-corrected chi connectivity index (χ1v) is 8.10. The average molecular weight is 307 g/mol. The highest BCUT2D eigenvalue weighted by atomic mass is 16.5. The summed E-state index contributed by atoms with van der Waals surface area (Å²) in [5, 5.41) is 4.45. The third-order valence-electron chi connectivity index (χ3n) is 4.74. The van der Waals surface area contributed by atoms with Crippen molar-refractivity contribution in [3.8, 4) is 5.88 Å². The van der Waals surface area contributed by atoms with Gasteiger partial charge in [-0.05, 0) is 32.6 Å². The minimum absolute atomic E-state index is 0.0811. The average Bonchev–Trinajstić information content (AvgIpc) is 3.18. The number of nitrogens with zero attached hydrogens (tertiary/aromatic N) is 3. The Morgan fingerprint density at radius 1 is 1.41 bits per heavy atom. The second-order valence-electron chi connectivity index (χ2n) is 6.22. The van der Waals surface area contributed by atoms with Gasteiger partial charge in [-0.1, -0.05) is 0 Å². The highest BCUT2D eigenvalue weighted by Crippen LogP contribution is 2.39. The van der Waals surface area contributed by atoms with Crippen LogP contribution in [0.5, 0.6) is 5.88 Å². The third-order valence-corrected chi connectivity index (χ3v) is 4.74. The van der Waals surface area contributed by atoms with Crippen LogP contribution in [-0.4, -0.2) is 47.0 Å². The second-order valence-corrected chi connectivity index (χ2v) is 6.22. The summed E-state index contributed by atoms with van der Waals surface area (Å²) >= 11 is 0. The van der Waals surface area contributed by atoms with Crippen LogP contribution in [0.2, 0.25) is 0 Å². The van der Waals surface area contributed by atoms with Gasteiger partial charge in [-0.15, -0.1) is 0 Å². The van der Waals surface area contributed by atoms with E-state index in [1.165, 1.54) is 0 Å². The van der Waals surface area contributed by atoms with E-state index in [9.17, 15) is 4.79 Å². The van der Waals surface area contributed by atoms with Crippen molar-refractivity contribution in [1.29, 1.82) is 0 Å². The predicted octanol–water partition coefficient (Wildman–Crippen LogP) is 1.97. The van der Waals surface area contributed by atoms with E-state index in [0.29, 0.717) is 6.42 Å². The van der Waals surface area contributed by atoms with E-state index in [0.717, 1.165) is 56.0 Å². The Kier molecular flexibility index (Phi) is 4.38. The van der Waals surface area contributed by atoms with Crippen molar-refractivity contribution in [1.82, 2.24) is 14.7 Å². The number of carbonyl (C=O) groups is 1. The molecule has 0 aliphatic carbocycles. The number of amides is 1. The topological polar surface area (TPSA) is 56.6 Å². The molecule has 122 valence electrons. The van der Waals surface area contributed by atoms with E-state index in [2.05, 4.69) is 5.10 Å². The highest BCUT2D eigenvalue weighted by molar-refractivity contribution is 5.77. The van der Waals surface area contributed by atoms with Crippen LogP contribution in [-0.2, 0) is 16.6 Å². The fourth-order valence-electron chi connectivity index (χ4n) is 3.76. The van der Waals surface area contributed by atoms with Crippen molar-refractivity contribution in [3.63, 3.8) is 0 Å². The zero-order valence-corrected chi connectivity index (χ0v) is 13.7. The lowest BCUT2D eigenvalue weighted by Crippen LogP contribution is -2.33. The van der Waals surface area contributed by atoms with Crippen LogP contribution in [0.4, 0.5) is 0 Å². The first-order valence-electron chi connectivity index (χ1n) is 8.10. The van der Waals surface area contributed by atoms with Gasteiger partial charge in [0.25, 0.3) is 0 Å². The smallest absolute Gasteiger partial charge is 0.225 e. The Bertz CT molecular complexity index is 549. The van der Waals surface area contributed by atoms with Crippen LogP contribution in [0.3, 0.4) is 0 Å². The van der Waals surface area contributed by atoms with E-state index in [4.69, 9.17) is 9.47 Å². The number of carbonyl (C=O) groups excluding carboxylic acids is 1. The molecule has 0 saturated carbocycles. The van der Waals surface area contributed by atoms with Gasteiger partial charge >= 0.3 is 0 Å². The number of hydrogen-bond acceptors (Lipinski definition) is 4. The van der Waals surface area contributed by atoms with Gasteiger partial charge < -0.3 is 14.4 Å².